The molecule has 0 atom stereocenters. The van der Waals surface area contributed by atoms with Crippen LogP contribution in [0.4, 0.5) is 0 Å². The molecule has 1 heterocycles. The number of halogens is 2. The summed E-state index contributed by atoms with van der Waals surface area (Å²) in [5.41, 5.74) is 2.33. The van der Waals surface area contributed by atoms with Crippen LogP contribution in [-0.4, -0.2) is 4.98 Å². The van der Waals surface area contributed by atoms with Crippen LogP contribution in [0.5, 0.6) is 0 Å². The molecule has 2 rings (SSSR count). The van der Waals surface area contributed by atoms with Crippen LogP contribution in [0.3, 0.4) is 0 Å². The first kappa shape index (κ1) is 7.90. The minimum Gasteiger partial charge on any atom is -0.428 e. The lowest BCUT2D eigenvalue weighted by molar-refractivity contribution is 0.604. The maximum atomic E-state index is 5.87. The van der Waals surface area contributed by atoms with Gasteiger partial charge in [0.1, 0.15) is 5.52 Å². The Morgan fingerprint density at radius 1 is 1.33 bits per heavy atom. The van der Waals surface area contributed by atoms with Crippen LogP contribution in [0, 0.1) is 6.92 Å². The zero-order valence-electron chi connectivity index (χ0n) is 6.27. The smallest absolute Gasteiger partial charge is 0.293 e. The molecule has 4 heteroatoms. The molecule has 0 unspecified atom stereocenters. The van der Waals surface area contributed by atoms with Crippen molar-refractivity contribution in [3.8, 4) is 0 Å². The second-order valence-corrected chi connectivity index (χ2v) is 3.27. The van der Waals surface area contributed by atoms with Gasteiger partial charge >= 0.3 is 0 Å². The molecule has 2 nitrogen and oxygen atoms in total. The third-order valence-corrected chi connectivity index (χ3v) is 2.21. The predicted molar refractivity (Wildman–Crippen MR) is 48.8 cm³/mol. The number of rotatable bonds is 0. The molecule has 1 aromatic heterocycles. The van der Waals surface area contributed by atoms with Crippen LogP contribution < -0.4 is 0 Å². The predicted octanol–water partition coefficient (Wildman–Crippen LogP) is 3.44. The van der Waals surface area contributed by atoms with Gasteiger partial charge in [-0.25, -0.2) is 0 Å². The lowest BCUT2D eigenvalue weighted by Gasteiger charge is -1.93. The Bertz CT molecular complexity index is 397. The van der Waals surface area contributed by atoms with E-state index in [0.717, 1.165) is 11.1 Å². The Morgan fingerprint density at radius 2 is 2.08 bits per heavy atom. The van der Waals surface area contributed by atoms with Crippen LogP contribution in [0.25, 0.3) is 11.1 Å². The second-order valence-electron chi connectivity index (χ2n) is 2.54. The molecule has 0 amide bonds. The van der Waals surface area contributed by atoms with E-state index in [1.54, 1.807) is 6.07 Å². The van der Waals surface area contributed by atoms with Crippen molar-refractivity contribution in [2.45, 2.75) is 6.92 Å². The van der Waals surface area contributed by atoms with Gasteiger partial charge in [-0.1, -0.05) is 11.6 Å². The summed E-state index contributed by atoms with van der Waals surface area (Å²) >= 11 is 11.4. The highest BCUT2D eigenvalue weighted by atomic mass is 35.5. The van der Waals surface area contributed by atoms with E-state index < -0.39 is 0 Å². The fourth-order valence-corrected chi connectivity index (χ4v) is 1.35. The Labute approximate surface area is 79.1 Å². The molecule has 0 N–H and O–H groups in total. The molecule has 0 aliphatic carbocycles. The summed E-state index contributed by atoms with van der Waals surface area (Å²) in [4.78, 5) is 3.96. The number of hydrogen-bond acceptors (Lipinski definition) is 2. The number of nitrogens with zero attached hydrogens (tertiary/aromatic N) is 1. The van der Waals surface area contributed by atoms with Gasteiger partial charge in [-0.2, -0.15) is 4.98 Å². The first-order chi connectivity index (χ1) is 5.66. The van der Waals surface area contributed by atoms with Crippen molar-refractivity contribution in [2.75, 3.05) is 0 Å². The van der Waals surface area contributed by atoms with Crippen molar-refractivity contribution >= 4 is 34.3 Å². The molecule has 1 aromatic carbocycles. The van der Waals surface area contributed by atoms with Crippen LogP contribution in [0.15, 0.2) is 16.5 Å². The van der Waals surface area contributed by atoms with E-state index in [2.05, 4.69) is 4.98 Å². The summed E-state index contributed by atoms with van der Waals surface area (Å²) in [7, 11) is 0. The number of benzene rings is 1. The van der Waals surface area contributed by atoms with Crippen LogP contribution >= 0.6 is 23.2 Å². The van der Waals surface area contributed by atoms with Crippen molar-refractivity contribution in [1.82, 2.24) is 4.98 Å². The topological polar surface area (TPSA) is 26.0 Å². The molecule has 0 spiro atoms. The fraction of sp³-hybridized carbons (Fsp3) is 0.125. The highest BCUT2D eigenvalue weighted by Crippen LogP contribution is 2.25. The van der Waals surface area contributed by atoms with Crippen LogP contribution in [0.2, 0.25) is 10.4 Å². The first-order valence-electron chi connectivity index (χ1n) is 3.39. The van der Waals surface area contributed by atoms with Gasteiger partial charge in [0.05, 0.1) is 0 Å². The Kier molecular flexibility index (Phi) is 1.74. The SMILES string of the molecule is Cc1cc2nc(Cl)oc2cc1Cl. The third kappa shape index (κ3) is 1.17. The number of aryl methyl sites for hydroxylation is 1. The molecular weight excluding hydrogens is 197 g/mol. The maximum absolute atomic E-state index is 5.87. The average Bonchev–Trinajstić information content (AvgIpc) is 2.30. The lowest BCUT2D eigenvalue weighted by Crippen LogP contribution is -1.74. The van der Waals surface area contributed by atoms with E-state index in [-0.39, 0.29) is 5.35 Å². The zero-order valence-corrected chi connectivity index (χ0v) is 7.78. The standard InChI is InChI=1S/C8H5Cl2NO/c1-4-2-6-7(3-5(4)9)12-8(10)11-6/h2-3H,1H3. The molecule has 0 aliphatic rings. The van der Waals surface area contributed by atoms with Crippen LogP contribution in [-0.2, 0) is 0 Å². The van der Waals surface area contributed by atoms with Gasteiger partial charge in [0.2, 0.25) is 0 Å². The van der Waals surface area contributed by atoms with Crippen molar-refractivity contribution in [3.63, 3.8) is 0 Å². The lowest BCUT2D eigenvalue weighted by atomic mass is 10.2. The Hall–Kier alpha value is -0.730. The molecule has 0 fully saturated rings. The first-order valence-corrected chi connectivity index (χ1v) is 4.14. The van der Waals surface area contributed by atoms with Gasteiger partial charge < -0.3 is 4.42 Å². The molecule has 0 saturated carbocycles. The van der Waals surface area contributed by atoms with E-state index in [1.807, 2.05) is 13.0 Å². The number of oxazole rings is 1. The second kappa shape index (κ2) is 2.64. The molecule has 0 bridgehead atoms. The number of fused-ring (bicyclic) bond motifs is 1. The fourth-order valence-electron chi connectivity index (χ4n) is 1.03. The Morgan fingerprint density at radius 3 is 2.83 bits per heavy atom. The van der Waals surface area contributed by atoms with Gasteiger partial charge in [0, 0.05) is 11.1 Å². The summed E-state index contributed by atoms with van der Waals surface area (Å²) in [5, 5.41) is 0.807. The van der Waals surface area contributed by atoms with Crippen molar-refractivity contribution in [3.05, 3.63) is 28.1 Å². The summed E-state index contributed by atoms with van der Waals surface area (Å²) < 4.78 is 5.07. The molecule has 0 saturated heterocycles. The quantitative estimate of drug-likeness (QED) is 0.653. The molecule has 12 heavy (non-hydrogen) atoms. The Balaban J connectivity index is 2.83. The van der Waals surface area contributed by atoms with E-state index >= 15 is 0 Å². The number of aromatic nitrogens is 1. The summed E-state index contributed by atoms with van der Waals surface area (Å²) in [6, 6.07) is 3.55. The molecule has 2 aromatic rings. The van der Waals surface area contributed by atoms with Gasteiger partial charge in [-0.3, -0.25) is 0 Å². The molecule has 0 aliphatic heterocycles. The summed E-state index contributed by atoms with van der Waals surface area (Å²) in [5.74, 6) is 0. The van der Waals surface area contributed by atoms with E-state index in [0.29, 0.717) is 10.6 Å². The van der Waals surface area contributed by atoms with E-state index in [4.69, 9.17) is 27.6 Å². The molecule has 62 valence electrons. The zero-order chi connectivity index (χ0) is 8.72. The third-order valence-electron chi connectivity index (χ3n) is 1.64. The van der Waals surface area contributed by atoms with Gasteiger partial charge in [0.15, 0.2) is 5.58 Å². The largest absolute Gasteiger partial charge is 0.428 e. The normalized spacial score (nSPS) is 10.9. The highest BCUT2D eigenvalue weighted by molar-refractivity contribution is 6.32. The van der Waals surface area contributed by atoms with Crippen molar-refractivity contribution in [1.29, 1.82) is 0 Å². The minimum absolute atomic E-state index is 0.145. The molecular formula is C8H5Cl2NO. The van der Waals surface area contributed by atoms with Gasteiger partial charge in [0.25, 0.3) is 5.35 Å². The summed E-state index contributed by atoms with van der Waals surface area (Å²) in [6.07, 6.45) is 0. The van der Waals surface area contributed by atoms with Crippen LogP contribution in [0.1, 0.15) is 5.56 Å². The van der Waals surface area contributed by atoms with Gasteiger partial charge in [-0.15, -0.1) is 0 Å². The van der Waals surface area contributed by atoms with E-state index in [9.17, 15) is 0 Å². The van der Waals surface area contributed by atoms with Crippen molar-refractivity contribution in [2.24, 2.45) is 0 Å². The van der Waals surface area contributed by atoms with Crippen molar-refractivity contribution < 1.29 is 4.42 Å². The van der Waals surface area contributed by atoms with E-state index in [1.165, 1.54) is 0 Å². The van der Waals surface area contributed by atoms with Gasteiger partial charge in [-0.05, 0) is 30.2 Å². The summed E-state index contributed by atoms with van der Waals surface area (Å²) in [6.45, 7) is 1.91. The molecule has 0 radical (unpaired) electrons. The average molecular weight is 202 g/mol. The maximum Gasteiger partial charge on any atom is 0.293 e. The monoisotopic (exact) mass is 201 g/mol. The highest BCUT2D eigenvalue weighted by Gasteiger charge is 2.05. The number of hydrogen-bond donors (Lipinski definition) is 0. The minimum atomic E-state index is 0.145.